The molecule has 7 nitrogen and oxygen atoms in total. The third kappa shape index (κ3) is 6.42. The van der Waals surface area contributed by atoms with Crippen LogP contribution in [-0.2, 0) is 4.79 Å². The zero-order chi connectivity index (χ0) is 24.6. The fourth-order valence-corrected chi connectivity index (χ4v) is 4.21. The van der Waals surface area contributed by atoms with Crippen molar-refractivity contribution < 1.29 is 9.53 Å². The molecule has 10 heteroatoms. The quantitative estimate of drug-likeness (QED) is 0.167. The van der Waals surface area contributed by atoms with Crippen LogP contribution < -0.4 is 10.2 Å². The lowest BCUT2D eigenvalue weighted by Gasteiger charge is -2.11. The van der Waals surface area contributed by atoms with Crippen LogP contribution in [0.5, 0.6) is 5.75 Å². The number of ether oxygens (including phenoxy) is 1. The van der Waals surface area contributed by atoms with Gasteiger partial charge >= 0.3 is 0 Å². The van der Waals surface area contributed by atoms with Crippen LogP contribution in [0.2, 0.25) is 10.0 Å². The van der Waals surface area contributed by atoms with Crippen molar-refractivity contribution in [2.45, 2.75) is 12.1 Å². The van der Waals surface area contributed by atoms with Crippen molar-refractivity contribution in [3.05, 3.63) is 88.4 Å². The molecule has 0 spiro atoms. The maximum absolute atomic E-state index is 12.4. The van der Waals surface area contributed by atoms with Crippen LogP contribution in [0, 0.1) is 0 Å². The van der Waals surface area contributed by atoms with Crippen molar-refractivity contribution in [3.63, 3.8) is 0 Å². The molecular formula is C25H21Cl2N5O2S. The van der Waals surface area contributed by atoms with Crippen LogP contribution in [0.1, 0.15) is 12.5 Å². The molecular weight excluding hydrogens is 505 g/mol. The van der Waals surface area contributed by atoms with Crippen molar-refractivity contribution in [3.8, 4) is 22.8 Å². The first kappa shape index (κ1) is 24.8. The van der Waals surface area contributed by atoms with E-state index in [-0.39, 0.29) is 11.7 Å². The monoisotopic (exact) mass is 525 g/mol. The normalized spacial score (nSPS) is 11.1. The van der Waals surface area contributed by atoms with Crippen LogP contribution in [-0.4, -0.2) is 39.2 Å². The molecule has 0 aliphatic carbocycles. The van der Waals surface area contributed by atoms with Crippen LogP contribution in [0.4, 0.5) is 0 Å². The SMILES string of the molecule is CCOc1ccc(-n2c(SCC(=O)N/N=C/c3ccccc3Cl)nnc2-c2ccc(Cl)cc2)cc1. The Kier molecular flexibility index (Phi) is 8.41. The summed E-state index contributed by atoms with van der Waals surface area (Å²) in [5.74, 6) is 1.20. The summed E-state index contributed by atoms with van der Waals surface area (Å²) in [4.78, 5) is 12.4. The number of nitrogens with zero attached hydrogens (tertiary/aromatic N) is 4. The molecule has 0 unspecified atom stereocenters. The molecule has 0 radical (unpaired) electrons. The Morgan fingerprint density at radius 1 is 1.06 bits per heavy atom. The fraction of sp³-hybridized carbons (Fsp3) is 0.120. The summed E-state index contributed by atoms with van der Waals surface area (Å²) in [6.45, 7) is 2.52. The molecule has 1 amide bonds. The summed E-state index contributed by atoms with van der Waals surface area (Å²) in [5.41, 5.74) is 4.91. The second-order valence-electron chi connectivity index (χ2n) is 7.18. The second-order valence-corrected chi connectivity index (χ2v) is 8.96. The second kappa shape index (κ2) is 11.9. The molecule has 0 saturated heterocycles. The van der Waals surface area contributed by atoms with Crippen molar-refractivity contribution in [2.75, 3.05) is 12.4 Å². The molecule has 0 fully saturated rings. The minimum atomic E-state index is -0.285. The summed E-state index contributed by atoms with van der Waals surface area (Å²) in [6.07, 6.45) is 1.51. The van der Waals surface area contributed by atoms with Gasteiger partial charge in [0.1, 0.15) is 5.75 Å². The average Bonchev–Trinajstić information content (AvgIpc) is 3.29. The minimum absolute atomic E-state index is 0.0929. The Hall–Kier alpha value is -3.33. The number of nitrogens with one attached hydrogen (secondary N) is 1. The predicted octanol–water partition coefficient (Wildman–Crippen LogP) is 5.88. The number of carbonyl (C=O) groups excluding carboxylic acids is 1. The topological polar surface area (TPSA) is 81.4 Å². The first-order valence-electron chi connectivity index (χ1n) is 10.7. The van der Waals surface area contributed by atoms with Gasteiger partial charge in [-0.05, 0) is 61.5 Å². The Bertz CT molecular complexity index is 1320. The maximum atomic E-state index is 12.4. The van der Waals surface area contributed by atoms with E-state index < -0.39 is 0 Å². The van der Waals surface area contributed by atoms with E-state index in [0.717, 1.165) is 17.0 Å². The van der Waals surface area contributed by atoms with E-state index in [1.165, 1.54) is 18.0 Å². The first-order valence-corrected chi connectivity index (χ1v) is 12.4. The van der Waals surface area contributed by atoms with Gasteiger partial charge in [-0.1, -0.05) is 53.2 Å². The van der Waals surface area contributed by atoms with E-state index in [9.17, 15) is 4.79 Å². The largest absolute Gasteiger partial charge is 0.494 e. The molecule has 1 N–H and O–H groups in total. The zero-order valence-corrected chi connectivity index (χ0v) is 21.0. The van der Waals surface area contributed by atoms with Gasteiger partial charge in [-0.3, -0.25) is 9.36 Å². The Morgan fingerprint density at radius 2 is 1.80 bits per heavy atom. The van der Waals surface area contributed by atoms with Crippen molar-refractivity contribution in [1.82, 2.24) is 20.2 Å². The summed E-state index contributed by atoms with van der Waals surface area (Å²) in [5, 5.41) is 14.5. The van der Waals surface area contributed by atoms with Crippen LogP contribution >= 0.6 is 35.0 Å². The van der Waals surface area contributed by atoms with Gasteiger partial charge in [0.05, 0.1) is 18.6 Å². The molecule has 0 aliphatic rings. The minimum Gasteiger partial charge on any atom is -0.494 e. The molecule has 0 saturated carbocycles. The molecule has 1 heterocycles. The third-order valence-electron chi connectivity index (χ3n) is 4.77. The van der Waals surface area contributed by atoms with Crippen molar-refractivity contribution in [2.24, 2.45) is 5.10 Å². The zero-order valence-electron chi connectivity index (χ0n) is 18.7. The lowest BCUT2D eigenvalue weighted by molar-refractivity contribution is -0.118. The summed E-state index contributed by atoms with van der Waals surface area (Å²) in [6, 6.07) is 22.2. The average molecular weight is 526 g/mol. The Labute approximate surface area is 217 Å². The van der Waals surface area contributed by atoms with E-state index in [2.05, 4.69) is 20.7 Å². The van der Waals surface area contributed by atoms with Crippen LogP contribution in [0.3, 0.4) is 0 Å². The van der Waals surface area contributed by atoms with E-state index in [4.69, 9.17) is 27.9 Å². The van der Waals surface area contributed by atoms with Gasteiger partial charge < -0.3 is 4.74 Å². The molecule has 4 aromatic rings. The molecule has 4 rings (SSSR count). The number of rotatable bonds is 9. The highest BCUT2D eigenvalue weighted by Gasteiger charge is 2.17. The van der Waals surface area contributed by atoms with Crippen LogP contribution in [0.15, 0.2) is 83.1 Å². The van der Waals surface area contributed by atoms with Crippen molar-refractivity contribution in [1.29, 1.82) is 0 Å². The van der Waals surface area contributed by atoms with Gasteiger partial charge in [-0.15, -0.1) is 10.2 Å². The molecule has 0 atom stereocenters. The highest BCUT2D eigenvalue weighted by molar-refractivity contribution is 7.99. The lowest BCUT2D eigenvalue weighted by atomic mass is 10.2. The number of hydrogen-bond donors (Lipinski definition) is 1. The van der Waals surface area contributed by atoms with Gasteiger partial charge in [0, 0.05) is 26.9 Å². The van der Waals surface area contributed by atoms with E-state index >= 15 is 0 Å². The molecule has 35 heavy (non-hydrogen) atoms. The highest BCUT2D eigenvalue weighted by atomic mass is 35.5. The van der Waals surface area contributed by atoms with Crippen LogP contribution in [0.25, 0.3) is 17.1 Å². The van der Waals surface area contributed by atoms with E-state index in [1.54, 1.807) is 18.2 Å². The third-order valence-corrected chi connectivity index (χ3v) is 6.30. The molecule has 178 valence electrons. The maximum Gasteiger partial charge on any atom is 0.250 e. The standard InChI is InChI=1S/C25H21Cl2N5O2S/c1-2-34-21-13-11-20(12-14-21)32-24(17-7-9-19(26)10-8-17)30-31-25(32)35-16-23(33)29-28-15-18-5-3-4-6-22(18)27/h3-15H,2,16H2,1H3,(H,29,33)/b28-15+. The summed E-state index contributed by atoms with van der Waals surface area (Å²) in [7, 11) is 0. The van der Waals surface area contributed by atoms with E-state index in [1.807, 2.05) is 66.1 Å². The van der Waals surface area contributed by atoms with Gasteiger partial charge in [-0.2, -0.15) is 5.10 Å². The lowest BCUT2D eigenvalue weighted by Crippen LogP contribution is -2.20. The number of hydrazone groups is 1. The fourth-order valence-electron chi connectivity index (χ4n) is 3.16. The van der Waals surface area contributed by atoms with Gasteiger partial charge in [0.2, 0.25) is 0 Å². The molecule has 0 aliphatic heterocycles. The number of aromatic nitrogens is 3. The summed E-state index contributed by atoms with van der Waals surface area (Å²) < 4.78 is 7.45. The smallest absolute Gasteiger partial charge is 0.250 e. The van der Waals surface area contributed by atoms with Gasteiger partial charge in [-0.25, -0.2) is 5.43 Å². The van der Waals surface area contributed by atoms with E-state index in [0.29, 0.717) is 33.2 Å². The molecule has 1 aromatic heterocycles. The number of hydrogen-bond acceptors (Lipinski definition) is 6. The number of carbonyl (C=O) groups is 1. The molecule has 3 aromatic carbocycles. The first-order chi connectivity index (χ1) is 17.0. The van der Waals surface area contributed by atoms with Crippen molar-refractivity contribution >= 4 is 47.1 Å². The number of amides is 1. The predicted molar refractivity (Wildman–Crippen MR) is 141 cm³/mol. The van der Waals surface area contributed by atoms with Gasteiger partial charge in [0.25, 0.3) is 5.91 Å². The van der Waals surface area contributed by atoms with Gasteiger partial charge in [0.15, 0.2) is 11.0 Å². The number of thioether (sulfide) groups is 1. The summed E-state index contributed by atoms with van der Waals surface area (Å²) >= 11 is 13.4. The number of halogens is 2. The Balaban J connectivity index is 1.53. The number of benzene rings is 3. The molecule has 0 bridgehead atoms. The Morgan fingerprint density at radius 3 is 2.51 bits per heavy atom. The highest BCUT2D eigenvalue weighted by Crippen LogP contribution is 2.29.